The summed E-state index contributed by atoms with van der Waals surface area (Å²) in [6.07, 6.45) is 13.6. The summed E-state index contributed by atoms with van der Waals surface area (Å²) in [5.41, 5.74) is 1.09. The van der Waals surface area contributed by atoms with Crippen molar-refractivity contribution in [3.05, 3.63) is 23.8 Å². The van der Waals surface area contributed by atoms with Gasteiger partial charge in [-0.15, -0.1) is 0 Å². The number of rotatable bonds is 13. The van der Waals surface area contributed by atoms with Crippen LogP contribution in [0, 0.1) is 11.8 Å². The molecular formula is C29H48O6Si. The highest BCUT2D eigenvalue weighted by Gasteiger charge is 2.51. The molecule has 0 saturated heterocycles. The summed E-state index contributed by atoms with van der Waals surface area (Å²) < 4.78 is 37.7. The number of hydrogen-bond acceptors (Lipinski definition) is 6. The molecule has 1 heterocycles. The molecule has 0 unspecified atom stereocenters. The number of benzene rings is 1. The molecule has 2 aliphatic carbocycles. The van der Waals surface area contributed by atoms with Crippen molar-refractivity contribution in [3.8, 4) is 11.5 Å². The summed E-state index contributed by atoms with van der Waals surface area (Å²) in [6, 6.07) is 7.01. The van der Waals surface area contributed by atoms with Gasteiger partial charge in [0.1, 0.15) is 11.5 Å². The molecule has 3 aliphatic rings. The van der Waals surface area contributed by atoms with Crippen LogP contribution in [-0.4, -0.2) is 41.0 Å². The van der Waals surface area contributed by atoms with E-state index in [-0.39, 0.29) is 0 Å². The second-order valence-corrected chi connectivity index (χ2v) is 13.2. The van der Waals surface area contributed by atoms with Crippen LogP contribution in [0.25, 0.3) is 0 Å². The molecule has 1 aromatic rings. The van der Waals surface area contributed by atoms with Gasteiger partial charge in [-0.2, -0.15) is 0 Å². The lowest BCUT2D eigenvalue weighted by Crippen LogP contribution is -2.55. The zero-order valence-corrected chi connectivity index (χ0v) is 23.9. The van der Waals surface area contributed by atoms with Crippen LogP contribution in [0.15, 0.2) is 18.2 Å². The maximum atomic E-state index is 6.88. The molecule has 0 aromatic heterocycles. The van der Waals surface area contributed by atoms with Gasteiger partial charge in [0.2, 0.25) is 5.79 Å². The van der Waals surface area contributed by atoms with Gasteiger partial charge in [0, 0.05) is 43.3 Å². The van der Waals surface area contributed by atoms with Crippen LogP contribution in [0.4, 0.5) is 0 Å². The van der Waals surface area contributed by atoms with Crippen LogP contribution in [0.3, 0.4) is 0 Å². The predicted molar refractivity (Wildman–Crippen MR) is 143 cm³/mol. The molecule has 0 atom stereocenters. The first-order valence-corrected chi connectivity index (χ1v) is 16.6. The second kappa shape index (κ2) is 13.6. The van der Waals surface area contributed by atoms with Crippen LogP contribution >= 0.6 is 0 Å². The van der Waals surface area contributed by atoms with E-state index in [1.165, 1.54) is 64.2 Å². The monoisotopic (exact) mass is 520 g/mol. The summed E-state index contributed by atoms with van der Waals surface area (Å²) in [5.74, 6) is 2.41. The second-order valence-electron chi connectivity index (χ2n) is 10.5. The normalized spacial score (nSPS) is 21.1. The summed E-state index contributed by atoms with van der Waals surface area (Å²) in [4.78, 5) is 0. The molecule has 36 heavy (non-hydrogen) atoms. The lowest BCUT2D eigenvalue weighted by Gasteiger charge is -2.50. The zero-order chi connectivity index (χ0) is 25.3. The van der Waals surface area contributed by atoms with Crippen molar-refractivity contribution in [3.63, 3.8) is 0 Å². The van der Waals surface area contributed by atoms with E-state index in [1.54, 1.807) is 0 Å². The fourth-order valence-electron chi connectivity index (χ4n) is 6.48. The number of hydrogen-bond donors (Lipinski definition) is 0. The Kier molecular flexibility index (Phi) is 10.5. The van der Waals surface area contributed by atoms with E-state index in [4.69, 9.17) is 27.5 Å². The van der Waals surface area contributed by atoms with Crippen LogP contribution < -0.4 is 9.47 Å². The Bertz CT molecular complexity index is 755. The molecule has 7 heteroatoms. The van der Waals surface area contributed by atoms with Gasteiger partial charge < -0.3 is 27.5 Å². The highest BCUT2D eigenvalue weighted by atomic mass is 28.4. The van der Waals surface area contributed by atoms with Gasteiger partial charge in [0.05, 0.1) is 13.2 Å². The molecule has 0 radical (unpaired) electrons. The maximum Gasteiger partial charge on any atom is 0.501 e. The third-order valence-corrected chi connectivity index (χ3v) is 11.2. The van der Waals surface area contributed by atoms with E-state index in [9.17, 15) is 0 Å². The van der Waals surface area contributed by atoms with E-state index >= 15 is 0 Å². The topological polar surface area (TPSA) is 55.4 Å². The number of ether oxygens (including phenoxy) is 3. The third-order valence-electron chi connectivity index (χ3n) is 8.09. The molecule has 0 amide bonds. The van der Waals surface area contributed by atoms with Crippen LogP contribution in [0.2, 0.25) is 6.04 Å². The maximum absolute atomic E-state index is 6.88. The summed E-state index contributed by atoms with van der Waals surface area (Å²) in [6.45, 7) is 8.97. The zero-order valence-electron chi connectivity index (χ0n) is 22.9. The third kappa shape index (κ3) is 6.65. The Morgan fingerprint density at radius 2 is 1.42 bits per heavy atom. The quantitative estimate of drug-likeness (QED) is 0.201. The Morgan fingerprint density at radius 3 is 1.97 bits per heavy atom. The fourth-order valence-corrected chi connectivity index (χ4v) is 9.06. The average molecular weight is 521 g/mol. The van der Waals surface area contributed by atoms with Crippen molar-refractivity contribution in [1.29, 1.82) is 0 Å². The van der Waals surface area contributed by atoms with Gasteiger partial charge >= 0.3 is 8.80 Å². The SMILES string of the molecule is CCO[Si](CCCOc1ccc2c(c1)COC(C1CCCCC1)(C1CCCCC1)O2)(OCC)OCC. The van der Waals surface area contributed by atoms with Gasteiger partial charge in [-0.1, -0.05) is 38.5 Å². The first-order chi connectivity index (χ1) is 17.6. The van der Waals surface area contributed by atoms with Crippen LogP contribution in [-0.2, 0) is 24.6 Å². The van der Waals surface area contributed by atoms with E-state index < -0.39 is 14.6 Å². The molecule has 1 aliphatic heterocycles. The van der Waals surface area contributed by atoms with E-state index in [0.717, 1.165) is 29.5 Å². The summed E-state index contributed by atoms with van der Waals surface area (Å²) in [5, 5.41) is 0. The lowest BCUT2D eigenvalue weighted by molar-refractivity contribution is -0.278. The van der Waals surface area contributed by atoms with Crippen molar-refractivity contribution in [2.75, 3.05) is 26.4 Å². The fraction of sp³-hybridized carbons (Fsp3) is 0.793. The minimum atomic E-state index is -2.63. The van der Waals surface area contributed by atoms with Crippen molar-refractivity contribution in [2.24, 2.45) is 11.8 Å². The molecule has 1 aromatic carbocycles. The van der Waals surface area contributed by atoms with Crippen molar-refractivity contribution < 1.29 is 27.5 Å². The standard InChI is InChI=1S/C29H48O6Si/c1-4-32-36(33-5-2,34-6-3)21-13-20-30-27-18-19-28-24(22-27)23-31-29(35-28,25-14-9-7-10-15-25)26-16-11-8-12-17-26/h18-19,22,25-26H,4-17,20-21,23H2,1-3H3. The predicted octanol–water partition coefficient (Wildman–Crippen LogP) is 7.27. The van der Waals surface area contributed by atoms with Crippen LogP contribution in [0.5, 0.6) is 11.5 Å². The van der Waals surface area contributed by atoms with Crippen molar-refractivity contribution in [1.82, 2.24) is 0 Å². The Morgan fingerprint density at radius 1 is 0.833 bits per heavy atom. The van der Waals surface area contributed by atoms with E-state index in [1.807, 2.05) is 20.8 Å². The Labute approximate surface area is 219 Å². The van der Waals surface area contributed by atoms with Crippen molar-refractivity contribution >= 4 is 8.80 Å². The van der Waals surface area contributed by atoms with Gasteiger partial charge in [0.25, 0.3) is 0 Å². The summed E-state index contributed by atoms with van der Waals surface area (Å²) >= 11 is 0. The molecular weight excluding hydrogens is 472 g/mol. The highest BCUT2D eigenvalue weighted by molar-refractivity contribution is 6.60. The Balaban J connectivity index is 1.38. The molecule has 0 spiro atoms. The smallest absolute Gasteiger partial charge is 0.494 e. The minimum absolute atomic E-state index is 0.442. The molecule has 204 valence electrons. The minimum Gasteiger partial charge on any atom is -0.494 e. The Hall–Kier alpha value is -1.12. The number of fused-ring (bicyclic) bond motifs is 1. The molecule has 0 bridgehead atoms. The average Bonchev–Trinajstić information content (AvgIpc) is 2.92. The van der Waals surface area contributed by atoms with E-state index in [0.29, 0.717) is 44.9 Å². The van der Waals surface area contributed by atoms with Gasteiger partial charge in [-0.3, -0.25) is 0 Å². The van der Waals surface area contributed by atoms with Gasteiger partial charge in [0.15, 0.2) is 0 Å². The van der Waals surface area contributed by atoms with E-state index in [2.05, 4.69) is 18.2 Å². The summed E-state index contributed by atoms with van der Waals surface area (Å²) in [7, 11) is -2.63. The first kappa shape index (κ1) is 27.9. The molecule has 0 N–H and O–H groups in total. The highest BCUT2D eigenvalue weighted by Crippen LogP contribution is 2.49. The van der Waals surface area contributed by atoms with Crippen molar-refractivity contribution in [2.45, 2.75) is 110 Å². The molecule has 2 fully saturated rings. The van der Waals surface area contributed by atoms with Gasteiger partial charge in [-0.05, 0) is 71.1 Å². The first-order valence-electron chi connectivity index (χ1n) is 14.6. The largest absolute Gasteiger partial charge is 0.501 e. The molecule has 4 rings (SSSR count). The van der Waals surface area contributed by atoms with Crippen LogP contribution in [0.1, 0.15) is 97.0 Å². The van der Waals surface area contributed by atoms with Gasteiger partial charge in [-0.25, -0.2) is 0 Å². The molecule has 2 saturated carbocycles. The lowest BCUT2D eigenvalue weighted by atomic mass is 9.72. The molecule has 6 nitrogen and oxygen atoms in total.